The third-order valence-electron chi connectivity index (χ3n) is 6.17. The quantitative estimate of drug-likeness (QED) is 0.371. The maximum Gasteiger partial charge on any atom is 0.253 e. The lowest BCUT2D eigenvalue weighted by molar-refractivity contribution is -0.114. The Morgan fingerprint density at radius 1 is 0.897 bits per heavy atom. The number of methoxy groups -OCH3 is 2. The summed E-state index contributed by atoms with van der Waals surface area (Å²) in [6.07, 6.45) is 1.62. The Morgan fingerprint density at radius 2 is 1.54 bits per heavy atom. The van der Waals surface area contributed by atoms with Crippen molar-refractivity contribution < 1.29 is 27.5 Å². The molecule has 3 rings (SSSR count). The second kappa shape index (κ2) is 12.7. The summed E-state index contributed by atoms with van der Waals surface area (Å²) >= 11 is 0. The zero-order chi connectivity index (χ0) is 28.7. The first-order chi connectivity index (χ1) is 18.4. The molecule has 0 aliphatic rings. The number of sulfonamides is 1. The molecule has 3 aromatic carbocycles. The highest BCUT2D eigenvalue weighted by molar-refractivity contribution is 7.92. The van der Waals surface area contributed by atoms with Crippen molar-refractivity contribution in [3.8, 4) is 11.5 Å². The van der Waals surface area contributed by atoms with Gasteiger partial charge in [0.15, 0.2) is 11.5 Å². The van der Waals surface area contributed by atoms with Crippen molar-refractivity contribution in [2.24, 2.45) is 0 Å². The fourth-order valence-corrected chi connectivity index (χ4v) is 5.46. The van der Waals surface area contributed by atoms with Crippen LogP contribution in [0, 0.1) is 20.8 Å². The van der Waals surface area contributed by atoms with Crippen LogP contribution >= 0.6 is 0 Å². The van der Waals surface area contributed by atoms with Gasteiger partial charge in [0.05, 0.1) is 37.4 Å². The minimum atomic E-state index is -3.76. The Balaban J connectivity index is 1.71. The van der Waals surface area contributed by atoms with Crippen LogP contribution in [-0.2, 0) is 21.2 Å². The third-order valence-corrected chi connectivity index (χ3v) is 7.28. The van der Waals surface area contributed by atoms with E-state index in [-0.39, 0.29) is 17.2 Å². The molecular formula is C29H35N3O6S. The summed E-state index contributed by atoms with van der Waals surface area (Å²) in [6, 6.07) is 15.9. The first kappa shape index (κ1) is 29.5. The molecule has 0 aliphatic heterocycles. The monoisotopic (exact) mass is 553 g/mol. The van der Waals surface area contributed by atoms with E-state index in [1.54, 1.807) is 44.6 Å². The Bertz CT molecular complexity index is 1450. The van der Waals surface area contributed by atoms with E-state index in [1.807, 2.05) is 45.0 Å². The number of hydrogen-bond acceptors (Lipinski definition) is 6. The number of hydrogen-bond donors (Lipinski definition) is 2. The van der Waals surface area contributed by atoms with E-state index in [9.17, 15) is 18.0 Å². The van der Waals surface area contributed by atoms with Gasteiger partial charge in [0.25, 0.3) is 5.91 Å². The molecule has 0 fully saturated rings. The number of aryl methyl sites for hydroxylation is 3. The van der Waals surface area contributed by atoms with Crippen molar-refractivity contribution >= 4 is 33.2 Å². The average molecular weight is 554 g/mol. The van der Waals surface area contributed by atoms with E-state index in [2.05, 4.69) is 10.6 Å². The zero-order valence-electron chi connectivity index (χ0n) is 23.1. The highest BCUT2D eigenvalue weighted by Gasteiger charge is 2.25. The highest BCUT2D eigenvalue weighted by atomic mass is 32.2. The SMILES string of the molecule is COc1ccc(CCNC(=O)c2ccccc2NC(=O)CN(c2c(C)cc(C)cc2C)S(C)(=O)=O)cc1OC. The molecule has 0 radical (unpaired) electrons. The molecule has 208 valence electrons. The van der Waals surface area contributed by atoms with Gasteiger partial charge in [-0.25, -0.2) is 8.42 Å². The van der Waals surface area contributed by atoms with Crippen molar-refractivity contribution in [2.45, 2.75) is 27.2 Å². The lowest BCUT2D eigenvalue weighted by Crippen LogP contribution is -2.38. The molecule has 0 aromatic heterocycles. The Kier molecular flexibility index (Phi) is 9.58. The molecular weight excluding hydrogens is 518 g/mol. The number of carbonyl (C=O) groups is 2. The molecule has 0 heterocycles. The van der Waals surface area contributed by atoms with Gasteiger partial charge in [0.2, 0.25) is 15.9 Å². The van der Waals surface area contributed by atoms with Crippen molar-refractivity contribution in [1.82, 2.24) is 5.32 Å². The molecule has 2 N–H and O–H groups in total. The summed E-state index contributed by atoms with van der Waals surface area (Å²) in [7, 11) is -0.632. The lowest BCUT2D eigenvalue weighted by atomic mass is 10.1. The Hall–Kier alpha value is -4.05. The van der Waals surface area contributed by atoms with Crippen molar-refractivity contribution in [3.05, 3.63) is 82.4 Å². The second-order valence-electron chi connectivity index (χ2n) is 9.31. The van der Waals surface area contributed by atoms with Gasteiger partial charge in [-0.3, -0.25) is 13.9 Å². The molecule has 0 saturated heterocycles. The number of anilines is 2. The van der Waals surface area contributed by atoms with Crippen molar-refractivity contribution in [3.63, 3.8) is 0 Å². The summed E-state index contributed by atoms with van der Waals surface area (Å²) in [4.78, 5) is 26.0. The second-order valence-corrected chi connectivity index (χ2v) is 11.2. The molecule has 0 bridgehead atoms. The number of ether oxygens (including phenoxy) is 2. The fourth-order valence-electron chi connectivity index (χ4n) is 4.49. The van der Waals surface area contributed by atoms with Gasteiger partial charge in [-0.1, -0.05) is 35.9 Å². The van der Waals surface area contributed by atoms with Crippen LogP contribution < -0.4 is 24.4 Å². The predicted octanol–water partition coefficient (Wildman–Crippen LogP) is 4.01. The highest BCUT2D eigenvalue weighted by Crippen LogP contribution is 2.29. The number of rotatable bonds is 11. The van der Waals surface area contributed by atoms with Gasteiger partial charge in [0.1, 0.15) is 6.54 Å². The molecule has 0 atom stereocenters. The Labute approximate surface area is 230 Å². The van der Waals surface area contributed by atoms with E-state index in [0.29, 0.717) is 30.2 Å². The Morgan fingerprint density at radius 3 is 2.15 bits per heavy atom. The first-order valence-corrected chi connectivity index (χ1v) is 14.2. The van der Waals surface area contributed by atoms with Gasteiger partial charge in [-0.05, 0) is 68.1 Å². The number of amides is 2. The fraction of sp³-hybridized carbons (Fsp3) is 0.310. The predicted molar refractivity (Wildman–Crippen MR) is 153 cm³/mol. The number of nitrogens with zero attached hydrogens (tertiary/aromatic N) is 1. The number of para-hydroxylation sites is 1. The van der Waals surface area contributed by atoms with Gasteiger partial charge in [-0.2, -0.15) is 0 Å². The van der Waals surface area contributed by atoms with Crippen LogP contribution in [0.15, 0.2) is 54.6 Å². The summed E-state index contributed by atoms with van der Waals surface area (Å²) in [5.74, 6) is 0.299. The number of benzene rings is 3. The molecule has 0 aliphatic carbocycles. The zero-order valence-corrected chi connectivity index (χ0v) is 23.9. The molecule has 9 nitrogen and oxygen atoms in total. The first-order valence-electron chi connectivity index (χ1n) is 12.4. The minimum absolute atomic E-state index is 0.270. The maximum atomic E-state index is 13.0. The van der Waals surface area contributed by atoms with Gasteiger partial charge >= 0.3 is 0 Å². The molecule has 0 spiro atoms. The standard InChI is InChI=1S/C29H35N3O6S/c1-19-15-20(2)28(21(3)16-19)32(39(6,35)36)18-27(33)31-24-10-8-7-9-23(24)29(34)30-14-13-22-11-12-25(37-4)26(17-22)38-5/h7-12,15-17H,13-14,18H2,1-6H3,(H,30,34)(H,31,33). The molecule has 0 unspecified atom stereocenters. The summed E-state index contributed by atoms with van der Waals surface area (Å²) in [6.45, 7) is 5.47. The smallest absolute Gasteiger partial charge is 0.253 e. The molecule has 0 saturated carbocycles. The van der Waals surface area contributed by atoms with Crippen LogP contribution in [0.5, 0.6) is 11.5 Å². The number of carbonyl (C=O) groups excluding carboxylic acids is 2. The van der Waals surface area contributed by atoms with Crippen molar-refractivity contribution in [2.75, 3.05) is 43.2 Å². The molecule has 10 heteroatoms. The molecule has 2 amide bonds. The van der Waals surface area contributed by atoms with Crippen LogP contribution in [-0.4, -0.2) is 53.8 Å². The molecule has 39 heavy (non-hydrogen) atoms. The van der Waals surface area contributed by atoms with E-state index in [4.69, 9.17) is 9.47 Å². The largest absolute Gasteiger partial charge is 0.493 e. The van der Waals surface area contributed by atoms with Crippen LogP contribution in [0.4, 0.5) is 11.4 Å². The van der Waals surface area contributed by atoms with Crippen LogP contribution in [0.3, 0.4) is 0 Å². The topological polar surface area (TPSA) is 114 Å². The normalized spacial score (nSPS) is 11.0. The maximum absolute atomic E-state index is 13.0. The van der Waals surface area contributed by atoms with E-state index < -0.39 is 22.5 Å². The van der Waals surface area contributed by atoms with Gasteiger partial charge in [-0.15, -0.1) is 0 Å². The van der Waals surface area contributed by atoms with Crippen LogP contribution in [0.2, 0.25) is 0 Å². The number of nitrogens with one attached hydrogen (secondary N) is 2. The molecule has 3 aromatic rings. The minimum Gasteiger partial charge on any atom is -0.493 e. The van der Waals surface area contributed by atoms with Gasteiger partial charge < -0.3 is 20.1 Å². The lowest BCUT2D eigenvalue weighted by Gasteiger charge is -2.26. The summed E-state index contributed by atoms with van der Waals surface area (Å²) in [5.41, 5.74) is 4.48. The van der Waals surface area contributed by atoms with E-state index in [0.717, 1.165) is 32.8 Å². The van der Waals surface area contributed by atoms with Crippen LogP contribution in [0.25, 0.3) is 0 Å². The van der Waals surface area contributed by atoms with E-state index >= 15 is 0 Å². The summed E-state index contributed by atoms with van der Waals surface area (Å²) in [5, 5.41) is 5.58. The average Bonchev–Trinajstić information content (AvgIpc) is 2.87. The van der Waals surface area contributed by atoms with Gasteiger partial charge in [0, 0.05) is 6.54 Å². The van der Waals surface area contributed by atoms with Crippen LogP contribution in [0.1, 0.15) is 32.6 Å². The third kappa shape index (κ3) is 7.51. The summed E-state index contributed by atoms with van der Waals surface area (Å²) < 4.78 is 37.0. The van der Waals surface area contributed by atoms with Crippen molar-refractivity contribution in [1.29, 1.82) is 0 Å². The van der Waals surface area contributed by atoms with E-state index in [1.165, 1.54) is 0 Å².